The largest absolute Gasteiger partial charge is 0.371 e. The Balaban J connectivity index is 1.79. The zero-order valence-electron chi connectivity index (χ0n) is 10.5. The third-order valence-electron chi connectivity index (χ3n) is 4.33. The second kappa shape index (κ2) is 3.70. The first-order valence-corrected chi connectivity index (χ1v) is 6.26. The fourth-order valence-electron chi connectivity index (χ4n) is 3.48. The summed E-state index contributed by atoms with van der Waals surface area (Å²) in [6, 6.07) is 6.89. The van der Waals surface area contributed by atoms with E-state index in [-0.39, 0.29) is 5.82 Å². The molecule has 2 unspecified atom stereocenters. The lowest BCUT2D eigenvalue weighted by molar-refractivity contribution is 0.313. The topological polar surface area (TPSA) is 6.48 Å². The van der Waals surface area contributed by atoms with Gasteiger partial charge in [-0.05, 0) is 37.2 Å². The zero-order chi connectivity index (χ0) is 12.0. The van der Waals surface area contributed by atoms with Gasteiger partial charge in [0.2, 0.25) is 0 Å². The highest BCUT2D eigenvalue weighted by molar-refractivity contribution is 5.48. The molecule has 0 spiro atoms. The second-order valence-corrected chi connectivity index (χ2v) is 5.90. The Morgan fingerprint density at radius 3 is 2.53 bits per heavy atom. The van der Waals surface area contributed by atoms with Gasteiger partial charge >= 0.3 is 0 Å². The number of anilines is 1. The lowest BCUT2D eigenvalue weighted by Crippen LogP contribution is -2.30. The van der Waals surface area contributed by atoms with Crippen molar-refractivity contribution in [3.05, 3.63) is 30.1 Å². The van der Waals surface area contributed by atoms with Crippen LogP contribution in [0.4, 0.5) is 10.1 Å². The average molecular weight is 234 g/mol. The van der Waals surface area contributed by atoms with Crippen LogP contribution in [0.25, 0.3) is 0 Å². The summed E-state index contributed by atoms with van der Waals surface area (Å²) in [7, 11) is 2.20. The molecule has 0 radical (unpaired) electrons. The van der Waals surface area contributed by atoms with E-state index in [2.05, 4.69) is 23.8 Å². The molecule has 0 bridgehead atoms. The molecule has 2 fully saturated rings. The SMILES string of the molecule is CN1CC2CN(c3ccc(F)cc3)CC2(C)C1. The minimum atomic E-state index is -0.154. The average Bonchev–Trinajstić information content (AvgIpc) is 2.69. The van der Waals surface area contributed by atoms with E-state index in [0.29, 0.717) is 5.41 Å². The molecule has 3 rings (SSSR count). The highest BCUT2D eigenvalue weighted by atomic mass is 19.1. The van der Waals surface area contributed by atoms with Gasteiger partial charge in [0.1, 0.15) is 5.82 Å². The normalized spacial score (nSPS) is 33.1. The van der Waals surface area contributed by atoms with E-state index in [4.69, 9.17) is 0 Å². The van der Waals surface area contributed by atoms with E-state index < -0.39 is 0 Å². The van der Waals surface area contributed by atoms with Crippen LogP contribution in [0, 0.1) is 17.2 Å². The first-order valence-electron chi connectivity index (χ1n) is 6.26. The molecule has 0 N–H and O–H groups in total. The molecule has 2 saturated heterocycles. The van der Waals surface area contributed by atoms with Crippen LogP contribution in [0.5, 0.6) is 0 Å². The molecule has 17 heavy (non-hydrogen) atoms. The maximum absolute atomic E-state index is 12.9. The number of likely N-dealkylation sites (tertiary alicyclic amines) is 1. The Bertz CT molecular complexity index is 417. The Morgan fingerprint density at radius 2 is 1.88 bits per heavy atom. The number of benzene rings is 1. The fraction of sp³-hybridized carbons (Fsp3) is 0.571. The zero-order valence-corrected chi connectivity index (χ0v) is 10.5. The van der Waals surface area contributed by atoms with E-state index in [1.165, 1.54) is 13.1 Å². The summed E-state index contributed by atoms with van der Waals surface area (Å²) in [5.41, 5.74) is 1.56. The van der Waals surface area contributed by atoms with Crippen molar-refractivity contribution in [1.29, 1.82) is 0 Å². The van der Waals surface area contributed by atoms with Gasteiger partial charge in [-0.3, -0.25) is 0 Å². The van der Waals surface area contributed by atoms with Crippen LogP contribution in [-0.4, -0.2) is 38.1 Å². The van der Waals surface area contributed by atoms with E-state index in [9.17, 15) is 4.39 Å². The van der Waals surface area contributed by atoms with Crippen molar-refractivity contribution < 1.29 is 4.39 Å². The van der Waals surface area contributed by atoms with Crippen molar-refractivity contribution in [2.24, 2.45) is 11.3 Å². The number of hydrogen-bond donors (Lipinski definition) is 0. The monoisotopic (exact) mass is 234 g/mol. The van der Waals surface area contributed by atoms with Crippen LogP contribution in [0.3, 0.4) is 0 Å². The maximum atomic E-state index is 12.9. The van der Waals surface area contributed by atoms with Gasteiger partial charge < -0.3 is 9.80 Å². The quantitative estimate of drug-likeness (QED) is 0.735. The molecular weight excluding hydrogens is 215 g/mol. The van der Waals surface area contributed by atoms with Crippen molar-refractivity contribution in [2.75, 3.05) is 38.1 Å². The number of hydrogen-bond acceptors (Lipinski definition) is 2. The molecule has 0 saturated carbocycles. The lowest BCUT2D eigenvalue weighted by Gasteiger charge is -2.25. The van der Waals surface area contributed by atoms with Crippen LogP contribution in [0.2, 0.25) is 0 Å². The molecule has 2 aliphatic rings. The van der Waals surface area contributed by atoms with Gasteiger partial charge in [0.25, 0.3) is 0 Å². The minimum absolute atomic E-state index is 0.154. The number of fused-ring (bicyclic) bond motifs is 1. The molecule has 3 heteroatoms. The molecule has 92 valence electrons. The summed E-state index contributed by atoms with van der Waals surface area (Å²) in [5, 5.41) is 0. The molecule has 2 nitrogen and oxygen atoms in total. The van der Waals surface area contributed by atoms with Gasteiger partial charge in [-0.2, -0.15) is 0 Å². The van der Waals surface area contributed by atoms with Crippen LogP contribution < -0.4 is 4.90 Å². The van der Waals surface area contributed by atoms with Crippen molar-refractivity contribution >= 4 is 5.69 Å². The van der Waals surface area contributed by atoms with Crippen molar-refractivity contribution in [2.45, 2.75) is 6.92 Å². The van der Waals surface area contributed by atoms with Crippen molar-refractivity contribution in [1.82, 2.24) is 4.90 Å². The first kappa shape index (κ1) is 11.0. The lowest BCUT2D eigenvalue weighted by atomic mass is 9.83. The summed E-state index contributed by atoms with van der Waals surface area (Å²) >= 11 is 0. The summed E-state index contributed by atoms with van der Waals surface area (Å²) < 4.78 is 12.9. The van der Waals surface area contributed by atoms with Crippen LogP contribution >= 0.6 is 0 Å². The number of nitrogens with zero attached hydrogens (tertiary/aromatic N) is 2. The van der Waals surface area contributed by atoms with Crippen LogP contribution in [0.15, 0.2) is 24.3 Å². The molecule has 0 amide bonds. The van der Waals surface area contributed by atoms with Gasteiger partial charge in [-0.15, -0.1) is 0 Å². The smallest absolute Gasteiger partial charge is 0.123 e. The number of halogens is 1. The summed E-state index contributed by atoms with van der Waals surface area (Å²) in [6.07, 6.45) is 0. The van der Waals surface area contributed by atoms with Crippen LogP contribution in [-0.2, 0) is 0 Å². The second-order valence-electron chi connectivity index (χ2n) is 5.90. The summed E-state index contributed by atoms with van der Waals surface area (Å²) in [4.78, 5) is 4.82. The third-order valence-corrected chi connectivity index (χ3v) is 4.33. The predicted molar refractivity (Wildman–Crippen MR) is 67.7 cm³/mol. The summed E-state index contributed by atoms with van der Waals surface area (Å²) in [6.45, 7) is 6.94. The summed E-state index contributed by atoms with van der Waals surface area (Å²) in [5.74, 6) is 0.594. The molecule has 2 heterocycles. The molecule has 0 aromatic heterocycles. The minimum Gasteiger partial charge on any atom is -0.371 e. The molecule has 0 aliphatic carbocycles. The Morgan fingerprint density at radius 1 is 1.18 bits per heavy atom. The van der Waals surface area contributed by atoms with Gasteiger partial charge in [0, 0.05) is 37.3 Å². The molecule has 1 aromatic rings. The predicted octanol–water partition coefficient (Wildman–Crippen LogP) is 2.21. The maximum Gasteiger partial charge on any atom is 0.123 e. The number of rotatable bonds is 1. The Kier molecular flexibility index (Phi) is 2.40. The molecule has 2 atom stereocenters. The van der Waals surface area contributed by atoms with Gasteiger partial charge in [-0.25, -0.2) is 4.39 Å². The van der Waals surface area contributed by atoms with Gasteiger partial charge in [0.15, 0.2) is 0 Å². The van der Waals surface area contributed by atoms with E-state index >= 15 is 0 Å². The Labute approximate surface area is 102 Å². The fourth-order valence-corrected chi connectivity index (χ4v) is 3.48. The molecule has 2 aliphatic heterocycles. The molecular formula is C14H19FN2. The van der Waals surface area contributed by atoms with Gasteiger partial charge in [-0.1, -0.05) is 6.92 Å². The standard InChI is InChI=1S/C14H19FN2/c1-14-9-16(2)7-11(14)8-17(10-14)13-5-3-12(15)4-6-13/h3-6,11H,7-10H2,1-2H3. The Hall–Kier alpha value is -1.09. The van der Waals surface area contributed by atoms with E-state index in [0.717, 1.165) is 24.7 Å². The molecule has 1 aromatic carbocycles. The van der Waals surface area contributed by atoms with Crippen molar-refractivity contribution in [3.8, 4) is 0 Å². The van der Waals surface area contributed by atoms with Crippen molar-refractivity contribution in [3.63, 3.8) is 0 Å². The van der Waals surface area contributed by atoms with E-state index in [1.807, 2.05) is 12.1 Å². The highest BCUT2D eigenvalue weighted by Crippen LogP contribution is 2.42. The highest BCUT2D eigenvalue weighted by Gasteiger charge is 2.48. The third kappa shape index (κ3) is 1.82. The van der Waals surface area contributed by atoms with Gasteiger partial charge in [0.05, 0.1) is 0 Å². The van der Waals surface area contributed by atoms with Crippen LogP contribution in [0.1, 0.15) is 6.92 Å². The first-order chi connectivity index (χ1) is 8.07. The van der Waals surface area contributed by atoms with E-state index in [1.54, 1.807) is 12.1 Å².